The summed E-state index contributed by atoms with van der Waals surface area (Å²) in [5, 5.41) is 0. The van der Waals surface area contributed by atoms with Gasteiger partial charge in [-0.25, -0.2) is 0 Å². The molecule has 0 atom stereocenters. The summed E-state index contributed by atoms with van der Waals surface area (Å²) in [6.45, 7) is 9.05. The van der Waals surface area contributed by atoms with Crippen molar-refractivity contribution < 1.29 is 4.79 Å². The van der Waals surface area contributed by atoms with Gasteiger partial charge in [0.05, 0.1) is 0 Å². The van der Waals surface area contributed by atoms with Gasteiger partial charge in [-0.2, -0.15) is 0 Å². The minimum Gasteiger partial charge on any atom is -0.309 e. The third-order valence-corrected chi connectivity index (χ3v) is 3.43. The molecule has 0 saturated carbocycles. The molecule has 0 saturated heterocycles. The van der Waals surface area contributed by atoms with Gasteiger partial charge in [-0.1, -0.05) is 6.07 Å². The second kappa shape index (κ2) is 5.46. The highest BCUT2D eigenvalue weighted by molar-refractivity contribution is 5.99. The van der Waals surface area contributed by atoms with Gasteiger partial charge in [0.15, 0.2) is 5.78 Å². The highest BCUT2D eigenvalue weighted by Gasteiger charge is 2.15. The van der Waals surface area contributed by atoms with Crippen LogP contribution in [-0.2, 0) is 0 Å². The van der Waals surface area contributed by atoms with E-state index >= 15 is 0 Å². The third-order valence-electron chi connectivity index (χ3n) is 3.43. The molecule has 2 nitrogen and oxygen atoms in total. The largest absolute Gasteiger partial charge is 0.309 e. The molecule has 0 radical (unpaired) electrons. The molecule has 0 aromatic heterocycles. The minimum absolute atomic E-state index is 0.264. The Bertz CT molecular complexity index is 407. The molecule has 1 aromatic carbocycles. The summed E-state index contributed by atoms with van der Waals surface area (Å²) in [5.74, 6) is 0.264. The van der Waals surface area contributed by atoms with Gasteiger partial charge in [0.25, 0.3) is 0 Å². The zero-order chi connectivity index (χ0) is 13.2. The van der Waals surface area contributed by atoms with Crippen LogP contribution in [0.3, 0.4) is 0 Å². The molecule has 94 valence electrons. The first-order valence-corrected chi connectivity index (χ1v) is 6.10. The maximum absolute atomic E-state index is 12.3. The Labute approximate surface area is 105 Å². The molecule has 0 N–H and O–H groups in total. The highest BCUT2D eigenvalue weighted by Crippen LogP contribution is 2.22. The van der Waals surface area contributed by atoms with Crippen molar-refractivity contribution in [3.8, 4) is 0 Å². The first-order chi connectivity index (χ1) is 7.84. The summed E-state index contributed by atoms with van der Waals surface area (Å²) >= 11 is 0. The molecule has 0 unspecified atom stereocenters. The molecule has 2 heteroatoms. The smallest absolute Gasteiger partial charge is 0.164 e. The van der Waals surface area contributed by atoms with Gasteiger partial charge in [0.2, 0.25) is 0 Å². The second-order valence-electron chi connectivity index (χ2n) is 5.11. The number of carbonyl (C=O) groups is 1. The molecular formula is C15H23NO. The lowest BCUT2D eigenvalue weighted by atomic mass is 9.91. The van der Waals surface area contributed by atoms with Crippen molar-refractivity contribution in [3.05, 3.63) is 33.9 Å². The normalized spacial score (nSPS) is 11.0. The van der Waals surface area contributed by atoms with E-state index in [-0.39, 0.29) is 5.78 Å². The fraction of sp³-hybridized carbons (Fsp3) is 0.533. The molecule has 0 spiro atoms. The molecule has 17 heavy (non-hydrogen) atoms. The van der Waals surface area contributed by atoms with Crippen LogP contribution in [0.4, 0.5) is 0 Å². The fourth-order valence-electron chi connectivity index (χ4n) is 2.09. The van der Waals surface area contributed by atoms with E-state index in [1.165, 1.54) is 11.1 Å². The van der Waals surface area contributed by atoms with Gasteiger partial charge in [-0.05, 0) is 64.0 Å². The van der Waals surface area contributed by atoms with Crippen molar-refractivity contribution in [1.82, 2.24) is 4.90 Å². The molecule has 0 amide bonds. The molecular weight excluding hydrogens is 210 g/mol. The Morgan fingerprint density at radius 3 is 1.94 bits per heavy atom. The number of hydrogen-bond acceptors (Lipinski definition) is 2. The van der Waals surface area contributed by atoms with Crippen molar-refractivity contribution in [2.75, 3.05) is 20.6 Å². The Balaban J connectivity index is 3.08. The van der Waals surface area contributed by atoms with E-state index in [1.807, 2.05) is 32.8 Å². The van der Waals surface area contributed by atoms with Crippen molar-refractivity contribution in [2.24, 2.45) is 0 Å². The average molecular weight is 233 g/mol. The van der Waals surface area contributed by atoms with Crippen LogP contribution in [0.2, 0.25) is 0 Å². The molecule has 0 aliphatic rings. The van der Waals surface area contributed by atoms with Crippen molar-refractivity contribution in [3.63, 3.8) is 0 Å². The van der Waals surface area contributed by atoms with Crippen LogP contribution in [-0.4, -0.2) is 31.3 Å². The zero-order valence-corrected chi connectivity index (χ0v) is 11.8. The van der Waals surface area contributed by atoms with E-state index < -0.39 is 0 Å². The molecule has 0 bridgehead atoms. The van der Waals surface area contributed by atoms with E-state index in [9.17, 15) is 4.79 Å². The number of hydrogen-bond donors (Lipinski definition) is 0. The van der Waals surface area contributed by atoms with Gasteiger partial charge < -0.3 is 4.90 Å². The minimum atomic E-state index is 0.264. The number of rotatable bonds is 4. The fourth-order valence-corrected chi connectivity index (χ4v) is 2.09. The van der Waals surface area contributed by atoms with Gasteiger partial charge in [0, 0.05) is 18.5 Å². The van der Waals surface area contributed by atoms with E-state index in [2.05, 4.69) is 19.9 Å². The standard InChI is InChI=1S/C15H23NO/c1-10-9-11(2)13(4)15(12(10)3)14(17)7-8-16(5)6/h9H,7-8H2,1-6H3. The maximum Gasteiger partial charge on any atom is 0.164 e. The Morgan fingerprint density at radius 1 is 1.06 bits per heavy atom. The third kappa shape index (κ3) is 3.16. The molecule has 0 fully saturated rings. The number of Topliss-reactive ketones (excluding diaryl/α,β-unsaturated/α-hetero) is 1. The Morgan fingerprint density at radius 2 is 1.53 bits per heavy atom. The molecule has 0 aliphatic carbocycles. The van der Waals surface area contributed by atoms with Gasteiger partial charge in [0.1, 0.15) is 0 Å². The van der Waals surface area contributed by atoms with Crippen molar-refractivity contribution in [1.29, 1.82) is 0 Å². The van der Waals surface area contributed by atoms with Crippen LogP contribution in [0.25, 0.3) is 0 Å². The monoisotopic (exact) mass is 233 g/mol. The number of aryl methyl sites for hydroxylation is 2. The number of nitrogens with zero attached hydrogens (tertiary/aromatic N) is 1. The predicted molar refractivity (Wildman–Crippen MR) is 72.9 cm³/mol. The Hall–Kier alpha value is -1.15. The topological polar surface area (TPSA) is 20.3 Å². The number of carbonyl (C=O) groups excluding carboxylic acids is 1. The first kappa shape index (κ1) is 13.9. The van der Waals surface area contributed by atoms with E-state index in [4.69, 9.17) is 0 Å². The quantitative estimate of drug-likeness (QED) is 0.745. The number of benzene rings is 1. The molecule has 1 aromatic rings. The summed E-state index contributed by atoms with van der Waals surface area (Å²) in [4.78, 5) is 14.3. The van der Waals surface area contributed by atoms with Crippen LogP contribution in [0.1, 0.15) is 39.0 Å². The molecule has 1 rings (SSSR count). The maximum atomic E-state index is 12.3. The number of ketones is 1. The lowest BCUT2D eigenvalue weighted by molar-refractivity contribution is 0.0971. The first-order valence-electron chi connectivity index (χ1n) is 6.10. The average Bonchev–Trinajstić information content (AvgIpc) is 2.24. The van der Waals surface area contributed by atoms with Crippen LogP contribution in [0.15, 0.2) is 6.07 Å². The second-order valence-corrected chi connectivity index (χ2v) is 5.11. The summed E-state index contributed by atoms with van der Waals surface area (Å²) in [6.07, 6.45) is 0.595. The van der Waals surface area contributed by atoms with Crippen LogP contribution < -0.4 is 0 Å². The van der Waals surface area contributed by atoms with Crippen LogP contribution in [0.5, 0.6) is 0 Å². The summed E-state index contributed by atoms with van der Waals surface area (Å²) in [7, 11) is 3.99. The van der Waals surface area contributed by atoms with E-state index in [0.29, 0.717) is 6.42 Å². The summed E-state index contributed by atoms with van der Waals surface area (Å²) in [5.41, 5.74) is 5.63. The zero-order valence-electron chi connectivity index (χ0n) is 11.8. The van der Waals surface area contributed by atoms with Crippen molar-refractivity contribution in [2.45, 2.75) is 34.1 Å². The molecule has 0 heterocycles. The Kier molecular flexibility index (Phi) is 4.47. The van der Waals surface area contributed by atoms with Gasteiger partial charge >= 0.3 is 0 Å². The predicted octanol–water partition coefficient (Wildman–Crippen LogP) is 3.05. The lowest BCUT2D eigenvalue weighted by Gasteiger charge is -2.15. The summed E-state index contributed by atoms with van der Waals surface area (Å²) in [6, 6.07) is 2.16. The van der Waals surface area contributed by atoms with Crippen LogP contribution >= 0.6 is 0 Å². The van der Waals surface area contributed by atoms with Crippen molar-refractivity contribution >= 4 is 5.78 Å². The van der Waals surface area contributed by atoms with Gasteiger partial charge in [-0.3, -0.25) is 4.79 Å². The van der Waals surface area contributed by atoms with Crippen LogP contribution in [0, 0.1) is 27.7 Å². The van der Waals surface area contributed by atoms with Gasteiger partial charge in [-0.15, -0.1) is 0 Å². The SMILES string of the molecule is Cc1cc(C)c(C)c(C(=O)CCN(C)C)c1C. The molecule has 0 aliphatic heterocycles. The lowest BCUT2D eigenvalue weighted by Crippen LogP contribution is -2.18. The summed E-state index contributed by atoms with van der Waals surface area (Å²) < 4.78 is 0. The van der Waals surface area contributed by atoms with E-state index in [0.717, 1.165) is 23.2 Å². The van der Waals surface area contributed by atoms with E-state index in [1.54, 1.807) is 0 Å². The highest BCUT2D eigenvalue weighted by atomic mass is 16.1.